The van der Waals surface area contributed by atoms with Crippen LogP contribution in [0, 0.1) is 0 Å². The largest absolute Gasteiger partial charge is 0.490 e. The number of piperidine rings is 1. The van der Waals surface area contributed by atoms with Gasteiger partial charge in [0.1, 0.15) is 23.2 Å². The molecule has 2 aromatic heterocycles. The summed E-state index contributed by atoms with van der Waals surface area (Å²) in [6.07, 6.45) is 8.57. The van der Waals surface area contributed by atoms with Crippen LogP contribution in [0.3, 0.4) is 0 Å². The lowest BCUT2D eigenvalue weighted by Crippen LogP contribution is -2.39. The summed E-state index contributed by atoms with van der Waals surface area (Å²) < 4.78 is 37.5. The first-order valence-corrected chi connectivity index (χ1v) is 13.0. The quantitative estimate of drug-likeness (QED) is 0.583. The van der Waals surface area contributed by atoms with Crippen LogP contribution in [0.25, 0.3) is 11.0 Å². The van der Waals surface area contributed by atoms with Crippen molar-refractivity contribution in [2.45, 2.75) is 45.3 Å². The molecule has 32 heavy (non-hydrogen) atoms. The van der Waals surface area contributed by atoms with Crippen LogP contribution in [0.1, 0.15) is 36.7 Å². The van der Waals surface area contributed by atoms with E-state index in [2.05, 4.69) is 21.8 Å². The van der Waals surface area contributed by atoms with Crippen molar-refractivity contribution in [3.63, 3.8) is 0 Å². The van der Waals surface area contributed by atoms with E-state index in [0.29, 0.717) is 19.5 Å². The molecule has 0 N–H and O–H groups in total. The second-order valence-electron chi connectivity index (χ2n) is 8.56. The van der Waals surface area contributed by atoms with E-state index >= 15 is 0 Å². The van der Waals surface area contributed by atoms with Crippen LogP contribution in [0.15, 0.2) is 35.0 Å². The monoisotopic (exact) mass is 456 g/mol. The predicted octanol–water partition coefficient (Wildman–Crippen LogP) is 3.15. The number of nitrogens with zero attached hydrogens (tertiary/aromatic N) is 4. The summed E-state index contributed by atoms with van der Waals surface area (Å²) >= 11 is 0. The highest BCUT2D eigenvalue weighted by atomic mass is 32.2. The minimum absolute atomic E-state index is 0.129. The number of sulfonamides is 1. The van der Waals surface area contributed by atoms with Crippen LogP contribution < -0.4 is 9.64 Å². The number of hydrogen-bond acceptors (Lipinski definition) is 7. The Kier molecular flexibility index (Phi) is 5.54. The lowest BCUT2D eigenvalue weighted by atomic mass is 10.0. The van der Waals surface area contributed by atoms with Crippen molar-refractivity contribution in [2.24, 2.45) is 0 Å². The van der Waals surface area contributed by atoms with Crippen LogP contribution in [-0.4, -0.2) is 54.7 Å². The third-order valence-electron chi connectivity index (χ3n) is 6.38. The molecule has 0 atom stereocenters. The number of furan rings is 1. The van der Waals surface area contributed by atoms with Gasteiger partial charge in [0.05, 0.1) is 12.8 Å². The zero-order chi connectivity index (χ0) is 22.3. The summed E-state index contributed by atoms with van der Waals surface area (Å²) in [6.45, 7) is 4.59. The summed E-state index contributed by atoms with van der Waals surface area (Å²) in [7, 11) is -3.23. The highest BCUT2D eigenvalue weighted by Gasteiger charge is 2.28. The fourth-order valence-corrected chi connectivity index (χ4v) is 5.25. The maximum Gasteiger partial charge on any atom is 0.225 e. The molecular weight excluding hydrogens is 428 g/mol. The number of ether oxygens (including phenoxy) is 1. The Bertz CT molecular complexity index is 1210. The number of fused-ring (bicyclic) bond motifs is 3. The number of anilines is 1. The Morgan fingerprint density at radius 1 is 1.16 bits per heavy atom. The van der Waals surface area contributed by atoms with E-state index in [0.717, 1.165) is 71.9 Å². The van der Waals surface area contributed by atoms with Crippen LogP contribution in [0.5, 0.6) is 5.75 Å². The van der Waals surface area contributed by atoms with Crippen molar-refractivity contribution in [2.75, 3.05) is 30.8 Å². The van der Waals surface area contributed by atoms with Crippen molar-refractivity contribution in [1.29, 1.82) is 0 Å². The van der Waals surface area contributed by atoms with Gasteiger partial charge < -0.3 is 14.1 Å². The number of hydrogen-bond donors (Lipinski definition) is 0. The number of rotatable bonds is 5. The normalized spacial score (nSPS) is 18.1. The zero-order valence-corrected chi connectivity index (χ0v) is 19.3. The average Bonchev–Trinajstić information content (AvgIpc) is 3.16. The van der Waals surface area contributed by atoms with Gasteiger partial charge in [0.15, 0.2) is 0 Å². The Morgan fingerprint density at radius 2 is 1.91 bits per heavy atom. The van der Waals surface area contributed by atoms with Gasteiger partial charge in [-0.25, -0.2) is 18.4 Å². The molecule has 0 radical (unpaired) electrons. The third kappa shape index (κ3) is 4.19. The van der Waals surface area contributed by atoms with Gasteiger partial charge in [-0.1, -0.05) is 6.92 Å². The zero-order valence-electron chi connectivity index (χ0n) is 18.5. The van der Waals surface area contributed by atoms with E-state index in [4.69, 9.17) is 9.15 Å². The lowest BCUT2D eigenvalue weighted by molar-refractivity contribution is 0.170. The first-order chi connectivity index (χ1) is 15.4. The topological polar surface area (TPSA) is 88.8 Å². The van der Waals surface area contributed by atoms with Gasteiger partial charge in [-0.3, -0.25) is 0 Å². The van der Waals surface area contributed by atoms with E-state index < -0.39 is 10.0 Å². The van der Waals surface area contributed by atoms with Gasteiger partial charge in [-0.2, -0.15) is 4.31 Å². The minimum atomic E-state index is -3.23. The molecule has 0 aliphatic carbocycles. The Balaban J connectivity index is 1.24. The molecule has 0 amide bonds. The van der Waals surface area contributed by atoms with Crippen molar-refractivity contribution < 1.29 is 17.6 Å². The fourth-order valence-electron chi connectivity index (χ4n) is 4.47. The molecule has 0 spiro atoms. The van der Waals surface area contributed by atoms with E-state index in [1.54, 1.807) is 0 Å². The number of aromatic nitrogens is 2. The number of benzene rings is 1. The molecule has 0 unspecified atom stereocenters. The molecule has 0 bridgehead atoms. The molecule has 2 aliphatic rings. The van der Waals surface area contributed by atoms with Crippen LogP contribution in [0.2, 0.25) is 0 Å². The molecule has 1 saturated heterocycles. The second kappa shape index (κ2) is 8.37. The fraction of sp³-hybridized carbons (Fsp3) is 0.478. The first-order valence-electron chi connectivity index (χ1n) is 11.1. The first kappa shape index (κ1) is 21.2. The molecule has 1 aromatic carbocycles. The molecule has 8 nitrogen and oxygen atoms in total. The standard InChI is InChI=1S/C23H28N4O4S/c1-3-16-13-24-23(25-14-16)26-9-6-17(7-10-26)30-18-4-5-19-20-8-11-27(32(2,28)29)15-22(20)31-21(19)12-18/h4-5,12-14,17H,3,6-11,15H2,1-2H3. The minimum Gasteiger partial charge on any atom is -0.490 e. The second-order valence-corrected chi connectivity index (χ2v) is 10.5. The van der Waals surface area contributed by atoms with E-state index in [-0.39, 0.29) is 6.10 Å². The van der Waals surface area contributed by atoms with Gasteiger partial charge >= 0.3 is 0 Å². The Hall–Kier alpha value is -2.65. The van der Waals surface area contributed by atoms with Crippen molar-refractivity contribution >= 4 is 26.9 Å². The van der Waals surface area contributed by atoms with Crippen LogP contribution in [-0.2, 0) is 29.4 Å². The SMILES string of the molecule is CCc1cnc(N2CCC(Oc3ccc4c5c(oc4c3)CN(S(C)(=O)=O)CC5)CC2)nc1. The van der Waals surface area contributed by atoms with E-state index in [9.17, 15) is 8.42 Å². The summed E-state index contributed by atoms with van der Waals surface area (Å²) in [4.78, 5) is 11.2. The van der Waals surface area contributed by atoms with Crippen LogP contribution >= 0.6 is 0 Å². The third-order valence-corrected chi connectivity index (χ3v) is 7.63. The van der Waals surface area contributed by atoms with Gasteiger partial charge in [0, 0.05) is 61.9 Å². The summed E-state index contributed by atoms with van der Waals surface area (Å²) in [5, 5.41) is 1.04. The Labute approximate surface area is 188 Å². The molecule has 1 fully saturated rings. The van der Waals surface area contributed by atoms with Crippen molar-refractivity contribution in [3.05, 3.63) is 47.5 Å². The van der Waals surface area contributed by atoms with E-state index in [1.807, 2.05) is 30.6 Å². The van der Waals surface area contributed by atoms with Crippen LogP contribution in [0.4, 0.5) is 5.95 Å². The van der Waals surface area contributed by atoms with Gasteiger partial charge in [-0.05, 0) is 30.5 Å². The lowest BCUT2D eigenvalue weighted by Gasteiger charge is -2.32. The molecule has 170 valence electrons. The highest BCUT2D eigenvalue weighted by molar-refractivity contribution is 7.88. The summed E-state index contributed by atoms with van der Waals surface area (Å²) in [5.41, 5.74) is 3.00. The average molecular weight is 457 g/mol. The molecule has 4 heterocycles. The smallest absolute Gasteiger partial charge is 0.225 e. The molecule has 9 heteroatoms. The summed E-state index contributed by atoms with van der Waals surface area (Å²) in [5.74, 6) is 2.30. The van der Waals surface area contributed by atoms with E-state index in [1.165, 1.54) is 10.6 Å². The Morgan fingerprint density at radius 3 is 2.59 bits per heavy atom. The maximum atomic E-state index is 11.9. The van der Waals surface area contributed by atoms with Gasteiger partial charge in [0.25, 0.3) is 0 Å². The van der Waals surface area contributed by atoms with Crippen molar-refractivity contribution in [1.82, 2.24) is 14.3 Å². The summed E-state index contributed by atoms with van der Waals surface area (Å²) in [6, 6.07) is 5.94. The highest BCUT2D eigenvalue weighted by Crippen LogP contribution is 2.34. The predicted molar refractivity (Wildman–Crippen MR) is 122 cm³/mol. The van der Waals surface area contributed by atoms with Crippen molar-refractivity contribution in [3.8, 4) is 5.75 Å². The molecule has 2 aliphatic heterocycles. The number of aryl methyl sites for hydroxylation is 1. The molecule has 3 aromatic rings. The molecule has 0 saturated carbocycles. The molecule has 5 rings (SSSR count). The van der Waals surface area contributed by atoms with Gasteiger partial charge in [-0.15, -0.1) is 0 Å². The maximum absolute atomic E-state index is 11.9. The van der Waals surface area contributed by atoms with Gasteiger partial charge in [0.2, 0.25) is 16.0 Å². The molecular formula is C23H28N4O4S.